The number of carbonyl (C=O) groups is 1. The Bertz CT molecular complexity index is 632. The molecule has 0 spiro atoms. The highest BCUT2D eigenvalue weighted by atomic mass is 19.1. The van der Waals surface area contributed by atoms with Crippen LogP contribution in [0, 0.1) is 5.82 Å². The summed E-state index contributed by atoms with van der Waals surface area (Å²) in [5.41, 5.74) is 5.61. The van der Waals surface area contributed by atoms with Gasteiger partial charge in [-0.05, 0) is 24.3 Å². The topological polar surface area (TPSA) is 88.0 Å². The van der Waals surface area contributed by atoms with Crippen molar-refractivity contribution in [2.75, 3.05) is 11.1 Å². The number of aromatic nitrogens is 1. The van der Waals surface area contributed by atoms with Crippen LogP contribution in [0.3, 0.4) is 0 Å². The molecule has 0 atom stereocenters. The van der Waals surface area contributed by atoms with E-state index >= 15 is 0 Å². The Hall–Kier alpha value is -2.63. The minimum Gasteiger partial charge on any atom is -0.399 e. The molecule has 1 amide bonds. The third kappa shape index (κ3) is 2.54. The lowest BCUT2D eigenvalue weighted by Gasteiger charge is -2.06. The summed E-state index contributed by atoms with van der Waals surface area (Å²) in [5, 5.41) is 2.38. The van der Waals surface area contributed by atoms with E-state index in [1.807, 2.05) is 0 Å². The van der Waals surface area contributed by atoms with Gasteiger partial charge in [-0.3, -0.25) is 9.59 Å². The van der Waals surface area contributed by atoms with Gasteiger partial charge in [-0.15, -0.1) is 0 Å². The summed E-state index contributed by atoms with van der Waals surface area (Å²) in [5.74, 6) is -1.14. The minimum absolute atomic E-state index is 0.0281. The summed E-state index contributed by atoms with van der Waals surface area (Å²) in [6.45, 7) is 0. The Balaban J connectivity index is 2.21. The molecular formula is C12H10FN3O2. The maximum Gasteiger partial charge on any atom is 0.257 e. The van der Waals surface area contributed by atoms with Crippen LogP contribution in [-0.2, 0) is 0 Å². The largest absolute Gasteiger partial charge is 0.399 e. The molecule has 0 aliphatic heterocycles. The summed E-state index contributed by atoms with van der Waals surface area (Å²) >= 11 is 0. The predicted molar refractivity (Wildman–Crippen MR) is 65.8 cm³/mol. The van der Waals surface area contributed by atoms with Crippen LogP contribution in [-0.4, -0.2) is 10.9 Å². The van der Waals surface area contributed by atoms with Crippen molar-refractivity contribution in [3.05, 3.63) is 58.3 Å². The number of nitrogens with two attached hydrogens (primary N) is 1. The van der Waals surface area contributed by atoms with Gasteiger partial charge in [0.2, 0.25) is 5.56 Å². The zero-order chi connectivity index (χ0) is 13.1. The molecule has 18 heavy (non-hydrogen) atoms. The number of hydrogen-bond acceptors (Lipinski definition) is 3. The molecule has 2 aromatic rings. The molecule has 0 saturated carbocycles. The fourth-order valence-electron chi connectivity index (χ4n) is 1.38. The van der Waals surface area contributed by atoms with Crippen LogP contribution in [0.5, 0.6) is 0 Å². The van der Waals surface area contributed by atoms with Crippen LogP contribution in [0.2, 0.25) is 0 Å². The summed E-state index contributed by atoms with van der Waals surface area (Å²) < 4.78 is 13.4. The summed E-state index contributed by atoms with van der Waals surface area (Å²) in [7, 11) is 0. The fourth-order valence-corrected chi connectivity index (χ4v) is 1.38. The van der Waals surface area contributed by atoms with Gasteiger partial charge < -0.3 is 16.0 Å². The molecule has 4 N–H and O–H groups in total. The smallest absolute Gasteiger partial charge is 0.257 e. The summed E-state index contributed by atoms with van der Waals surface area (Å²) in [6, 6.07) is 6.53. The van der Waals surface area contributed by atoms with Crippen molar-refractivity contribution in [3.8, 4) is 0 Å². The lowest BCUT2D eigenvalue weighted by Crippen LogP contribution is -2.15. The lowest BCUT2D eigenvalue weighted by molar-refractivity contribution is 0.102. The van der Waals surface area contributed by atoms with Gasteiger partial charge in [0.05, 0.1) is 11.3 Å². The Morgan fingerprint density at radius 1 is 1.28 bits per heavy atom. The fraction of sp³-hybridized carbons (Fsp3) is 0. The van der Waals surface area contributed by atoms with Crippen LogP contribution < -0.4 is 16.6 Å². The number of amides is 1. The molecular weight excluding hydrogens is 237 g/mol. The van der Waals surface area contributed by atoms with Gasteiger partial charge in [-0.1, -0.05) is 0 Å². The molecule has 0 aliphatic carbocycles. The third-order valence-corrected chi connectivity index (χ3v) is 2.29. The quantitative estimate of drug-likeness (QED) is 0.700. The molecule has 0 bridgehead atoms. The van der Waals surface area contributed by atoms with E-state index in [1.54, 1.807) is 0 Å². The number of benzene rings is 1. The second-order valence-electron chi connectivity index (χ2n) is 3.64. The Morgan fingerprint density at radius 3 is 2.67 bits per heavy atom. The van der Waals surface area contributed by atoms with Gasteiger partial charge in [-0.25, -0.2) is 4.39 Å². The van der Waals surface area contributed by atoms with E-state index in [0.717, 1.165) is 6.07 Å². The Morgan fingerprint density at radius 2 is 2.06 bits per heavy atom. The van der Waals surface area contributed by atoms with Gasteiger partial charge in [-0.2, -0.15) is 0 Å². The SMILES string of the molecule is Nc1ccc(NC(=O)c2ccc(=O)[nH]c2)c(F)c1. The molecule has 6 heteroatoms. The molecule has 1 aromatic heterocycles. The number of pyridine rings is 1. The van der Waals surface area contributed by atoms with E-state index in [4.69, 9.17) is 5.73 Å². The highest BCUT2D eigenvalue weighted by Gasteiger charge is 2.09. The van der Waals surface area contributed by atoms with E-state index in [2.05, 4.69) is 10.3 Å². The molecule has 1 aromatic carbocycles. The first-order valence-electron chi connectivity index (χ1n) is 5.11. The van der Waals surface area contributed by atoms with Crippen LogP contribution >= 0.6 is 0 Å². The first-order chi connectivity index (χ1) is 8.56. The summed E-state index contributed by atoms with van der Waals surface area (Å²) in [4.78, 5) is 24.9. The lowest BCUT2D eigenvalue weighted by atomic mass is 10.2. The second-order valence-corrected chi connectivity index (χ2v) is 3.64. The number of hydrogen-bond donors (Lipinski definition) is 3. The predicted octanol–water partition coefficient (Wildman–Crippen LogP) is 1.35. The number of carbonyl (C=O) groups excluding carboxylic acids is 1. The maximum atomic E-state index is 13.4. The van der Waals surface area contributed by atoms with E-state index in [1.165, 1.54) is 30.5 Å². The molecule has 0 aliphatic rings. The van der Waals surface area contributed by atoms with Gasteiger partial charge in [0, 0.05) is 18.0 Å². The van der Waals surface area contributed by atoms with Gasteiger partial charge >= 0.3 is 0 Å². The molecule has 5 nitrogen and oxygen atoms in total. The molecule has 0 fully saturated rings. The first kappa shape index (κ1) is 11.8. The number of rotatable bonds is 2. The van der Waals surface area contributed by atoms with Crippen molar-refractivity contribution < 1.29 is 9.18 Å². The highest BCUT2D eigenvalue weighted by Crippen LogP contribution is 2.17. The van der Waals surface area contributed by atoms with E-state index in [9.17, 15) is 14.0 Å². The number of anilines is 2. The number of nitrogen functional groups attached to an aromatic ring is 1. The van der Waals surface area contributed by atoms with Gasteiger partial charge in [0.15, 0.2) is 0 Å². The van der Waals surface area contributed by atoms with Crippen LogP contribution in [0.4, 0.5) is 15.8 Å². The Kier molecular flexibility index (Phi) is 3.09. The first-order valence-corrected chi connectivity index (χ1v) is 5.11. The summed E-state index contributed by atoms with van der Waals surface area (Å²) in [6.07, 6.45) is 1.26. The Labute approximate surface area is 101 Å². The number of nitrogens with one attached hydrogen (secondary N) is 2. The second kappa shape index (κ2) is 4.70. The molecule has 0 radical (unpaired) electrons. The monoisotopic (exact) mass is 247 g/mol. The van der Waals surface area contributed by atoms with E-state index in [-0.39, 0.29) is 22.5 Å². The average molecular weight is 247 g/mol. The number of H-pyrrole nitrogens is 1. The zero-order valence-electron chi connectivity index (χ0n) is 9.24. The maximum absolute atomic E-state index is 13.4. The molecule has 0 unspecified atom stereocenters. The van der Waals surface area contributed by atoms with Crippen molar-refractivity contribution in [1.82, 2.24) is 4.98 Å². The molecule has 92 valence electrons. The van der Waals surface area contributed by atoms with Gasteiger partial charge in [0.25, 0.3) is 5.91 Å². The van der Waals surface area contributed by atoms with Crippen LogP contribution in [0.15, 0.2) is 41.3 Å². The molecule has 2 rings (SSSR count). The highest BCUT2D eigenvalue weighted by molar-refractivity contribution is 6.04. The van der Waals surface area contributed by atoms with Gasteiger partial charge in [0.1, 0.15) is 5.82 Å². The zero-order valence-corrected chi connectivity index (χ0v) is 9.24. The standard InChI is InChI=1S/C12H10FN3O2/c13-9-5-8(14)2-3-10(9)16-12(18)7-1-4-11(17)15-6-7/h1-6H,14H2,(H,15,17)(H,16,18). The normalized spacial score (nSPS) is 10.1. The average Bonchev–Trinajstić information content (AvgIpc) is 2.33. The molecule has 0 saturated heterocycles. The minimum atomic E-state index is -0.618. The van der Waals surface area contributed by atoms with Crippen molar-refractivity contribution >= 4 is 17.3 Å². The van der Waals surface area contributed by atoms with Crippen molar-refractivity contribution in [3.63, 3.8) is 0 Å². The molecule has 1 heterocycles. The van der Waals surface area contributed by atoms with Crippen molar-refractivity contribution in [2.24, 2.45) is 0 Å². The van der Waals surface area contributed by atoms with Crippen molar-refractivity contribution in [2.45, 2.75) is 0 Å². The number of halogens is 1. The van der Waals surface area contributed by atoms with E-state index in [0.29, 0.717) is 0 Å². The third-order valence-electron chi connectivity index (χ3n) is 2.29. The van der Waals surface area contributed by atoms with Crippen LogP contribution in [0.1, 0.15) is 10.4 Å². The van der Waals surface area contributed by atoms with E-state index < -0.39 is 11.7 Å². The van der Waals surface area contributed by atoms with Crippen LogP contribution in [0.25, 0.3) is 0 Å². The van der Waals surface area contributed by atoms with Crippen molar-refractivity contribution in [1.29, 1.82) is 0 Å². The number of aromatic amines is 1.